The number of carboxylic acids is 1. The highest BCUT2D eigenvalue weighted by Crippen LogP contribution is 2.19. The Bertz CT molecular complexity index is 435. The SMILES string of the molecule is CC(C)(C)[C@H](N)CC(=O)O.Cc1ncc(F)c(Cl)n1. The van der Waals surface area contributed by atoms with Gasteiger partial charge in [0.25, 0.3) is 0 Å². The molecule has 0 bridgehead atoms. The zero-order valence-corrected chi connectivity index (χ0v) is 12.2. The van der Waals surface area contributed by atoms with Crippen molar-refractivity contribution in [2.75, 3.05) is 0 Å². The minimum atomic E-state index is -0.831. The van der Waals surface area contributed by atoms with Gasteiger partial charge in [0, 0.05) is 6.04 Å². The molecule has 1 heterocycles. The third-order valence-corrected chi connectivity index (χ3v) is 2.59. The molecule has 19 heavy (non-hydrogen) atoms. The Balaban J connectivity index is 0.000000342. The van der Waals surface area contributed by atoms with Gasteiger partial charge in [-0.05, 0) is 12.3 Å². The lowest BCUT2D eigenvalue weighted by Crippen LogP contribution is -2.36. The van der Waals surface area contributed by atoms with Crippen LogP contribution < -0.4 is 5.73 Å². The van der Waals surface area contributed by atoms with Crippen LogP contribution in [0.4, 0.5) is 4.39 Å². The smallest absolute Gasteiger partial charge is 0.304 e. The van der Waals surface area contributed by atoms with Gasteiger partial charge in [0.1, 0.15) is 5.82 Å². The van der Waals surface area contributed by atoms with E-state index in [2.05, 4.69) is 9.97 Å². The van der Waals surface area contributed by atoms with Crippen molar-refractivity contribution in [2.45, 2.75) is 40.2 Å². The molecule has 7 heteroatoms. The first-order valence-electron chi connectivity index (χ1n) is 5.66. The fraction of sp³-hybridized carbons (Fsp3) is 0.583. The van der Waals surface area contributed by atoms with E-state index >= 15 is 0 Å². The predicted molar refractivity (Wildman–Crippen MR) is 71.4 cm³/mol. The second-order valence-electron chi connectivity index (χ2n) is 5.13. The number of aromatic nitrogens is 2. The average molecular weight is 292 g/mol. The molecule has 0 aliphatic rings. The molecule has 1 aromatic rings. The molecular formula is C12H19ClFN3O2. The number of carbonyl (C=O) groups is 1. The van der Waals surface area contributed by atoms with Gasteiger partial charge in [-0.3, -0.25) is 4.79 Å². The molecule has 0 aliphatic carbocycles. The van der Waals surface area contributed by atoms with Gasteiger partial charge in [-0.1, -0.05) is 32.4 Å². The standard InChI is InChI=1S/C7H15NO2.C5H4ClFN2/c1-7(2,3)5(8)4-6(9)10;1-3-8-2-4(7)5(6)9-3/h5H,4,8H2,1-3H3,(H,9,10);2H,1H3/t5-;/m1./s1. The van der Waals surface area contributed by atoms with Crippen molar-refractivity contribution in [3.05, 3.63) is 23.0 Å². The fourth-order valence-electron chi connectivity index (χ4n) is 0.922. The first-order valence-corrected chi connectivity index (χ1v) is 6.04. The number of rotatable bonds is 2. The lowest BCUT2D eigenvalue weighted by molar-refractivity contribution is -0.138. The number of hydrogen-bond donors (Lipinski definition) is 2. The largest absolute Gasteiger partial charge is 0.481 e. The van der Waals surface area contributed by atoms with Crippen molar-refractivity contribution in [3.8, 4) is 0 Å². The molecule has 3 N–H and O–H groups in total. The zero-order valence-electron chi connectivity index (χ0n) is 11.4. The molecule has 0 amide bonds. The molecule has 0 saturated heterocycles. The van der Waals surface area contributed by atoms with Gasteiger partial charge >= 0.3 is 5.97 Å². The normalized spacial score (nSPS) is 12.4. The van der Waals surface area contributed by atoms with Crippen LogP contribution in [0.15, 0.2) is 6.20 Å². The minimum Gasteiger partial charge on any atom is -0.481 e. The van der Waals surface area contributed by atoms with Gasteiger partial charge in [-0.25, -0.2) is 14.4 Å². The molecule has 1 aromatic heterocycles. The third-order valence-electron chi connectivity index (χ3n) is 2.33. The minimum absolute atomic E-state index is 0.0451. The van der Waals surface area contributed by atoms with E-state index in [1.807, 2.05) is 20.8 Å². The quantitative estimate of drug-likeness (QED) is 0.817. The maximum absolute atomic E-state index is 12.2. The number of hydrogen-bond acceptors (Lipinski definition) is 4. The first kappa shape index (κ1) is 17.7. The first-order chi connectivity index (χ1) is 8.54. The van der Waals surface area contributed by atoms with Crippen LogP contribution >= 0.6 is 11.6 Å². The van der Waals surface area contributed by atoms with E-state index in [-0.39, 0.29) is 23.0 Å². The summed E-state index contributed by atoms with van der Waals surface area (Å²) < 4.78 is 12.2. The number of aryl methyl sites for hydroxylation is 1. The van der Waals surface area contributed by atoms with Gasteiger partial charge in [0.15, 0.2) is 11.0 Å². The summed E-state index contributed by atoms with van der Waals surface area (Å²) in [5.41, 5.74) is 5.46. The Kier molecular flexibility index (Phi) is 6.86. The third kappa shape index (κ3) is 7.69. The number of halogens is 2. The Morgan fingerprint density at radius 2 is 2.11 bits per heavy atom. The second-order valence-corrected chi connectivity index (χ2v) is 5.48. The Hall–Kier alpha value is -1.27. The molecule has 0 radical (unpaired) electrons. The maximum Gasteiger partial charge on any atom is 0.304 e. The molecular weight excluding hydrogens is 273 g/mol. The van der Waals surface area contributed by atoms with Crippen LogP contribution in [0, 0.1) is 18.2 Å². The summed E-state index contributed by atoms with van der Waals surface area (Å²) in [7, 11) is 0. The average Bonchev–Trinajstić information content (AvgIpc) is 2.22. The second kappa shape index (κ2) is 7.35. The van der Waals surface area contributed by atoms with Gasteiger partial charge in [0.05, 0.1) is 12.6 Å². The van der Waals surface area contributed by atoms with Gasteiger partial charge in [0.2, 0.25) is 0 Å². The van der Waals surface area contributed by atoms with E-state index in [1.165, 1.54) is 0 Å². The van der Waals surface area contributed by atoms with Crippen molar-refractivity contribution in [2.24, 2.45) is 11.1 Å². The van der Waals surface area contributed by atoms with Crippen molar-refractivity contribution in [1.29, 1.82) is 0 Å². The molecule has 108 valence electrons. The summed E-state index contributed by atoms with van der Waals surface area (Å²) >= 11 is 5.29. The molecule has 1 atom stereocenters. The lowest BCUT2D eigenvalue weighted by atomic mass is 9.86. The van der Waals surface area contributed by atoms with E-state index < -0.39 is 11.8 Å². The van der Waals surface area contributed by atoms with Crippen LogP contribution in [0.25, 0.3) is 0 Å². The van der Waals surface area contributed by atoms with Crippen LogP contribution in [0.3, 0.4) is 0 Å². The topological polar surface area (TPSA) is 89.1 Å². The van der Waals surface area contributed by atoms with Crippen LogP contribution in [0.1, 0.15) is 33.0 Å². The molecule has 0 aliphatic heterocycles. The zero-order chi connectivity index (χ0) is 15.2. The van der Waals surface area contributed by atoms with Crippen LogP contribution in [-0.4, -0.2) is 27.1 Å². The van der Waals surface area contributed by atoms with Crippen molar-refractivity contribution in [1.82, 2.24) is 9.97 Å². The summed E-state index contributed by atoms with van der Waals surface area (Å²) in [5, 5.41) is 8.24. The predicted octanol–water partition coefficient (Wildman–Crippen LogP) is 2.41. The highest BCUT2D eigenvalue weighted by atomic mass is 35.5. The molecule has 0 fully saturated rings. The Morgan fingerprint density at radius 3 is 2.37 bits per heavy atom. The van der Waals surface area contributed by atoms with Gasteiger partial charge in [-0.15, -0.1) is 0 Å². The molecule has 5 nitrogen and oxygen atoms in total. The van der Waals surface area contributed by atoms with Gasteiger partial charge in [-0.2, -0.15) is 0 Å². The van der Waals surface area contributed by atoms with E-state index in [1.54, 1.807) is 6.92 Å². The number of nitrogens with two attached hydrogens (primary N) is 1. The summed E-state index contributed by atoms with van der Waals surface area (Å²) in [4.78, 5) is 17.3. The number of carboxylic acid groups (broad SMARTS) is 1. The summed E-state index contributed by atoms with van der Waals surface area (Å²) in [5.74, 6) is -0.939. The number of nitrogens with zero attached hydrogens (tertiary/aromatic N) is 2. The molecule has 0 spiro atoms. The Labute approximate surface area is 117 Å². The van der Waals surface area contributed by atoms with E-state index in [9.17, 15) is 9.18 Å². The van der Waals surface area contributed by atoms with Crippen molar-refractivity contribution < 1.29 is 14.3 Å². The summed E-state index contributed by atoms with van der Waals surface area (Å²) in [6, 6.07) is -0.259. The van der Waals surface area contributed by atoms with E-state index in [0.29, 0.717) is 5.82 Å². The van der Waals surface area contributed by atoms with Crippen molar-refractivity contribution in [3.63, 3.8) is 0 Å². The van der Waals surface area contributed by atoms with Crippen LogP contribution in [-0.2, 0) is 4.79 Å². The lowest BCUT2D eigenvalue weighted by Gasteiger charge is -2.25. The van der Waals surface area contributed by atoms with E-state index in [4.69, 9.17) is 22.4 Å². The fourth-order valence-corrected chi connectivity index (χ4v) is 1.09. The molecule has 0 unspecified atom stereocenters. The molecule has 1 rings (SSSR count). The number of aliphatic carboxylic acids is 1. The monoisotopic (exact) mass is 291 g/mol. The summed E-state index contributed by atoms with van der Waals surface area (Å²) in [6.45, 7) is 7.44. The maximum atomic E-state index is 12.2. The summed E-state index contributed by atoms with van der Waals surface area (Å²) in [6.07, 6.45) is 1.09. The van der Waals surface area contributed by atoms with Crippen LogP contribution in [0.5, 0.6) is 0 Å². The highest BCUT2D eigenvalue weighted by molar-refractivity contribution is 6.29. The van der Waals surface area contributed by atoms with E-state index in [0.717, 1.165) is 6.20 Å². The van der Waals surface area contributed by atoms with Crippen molar-refractivity contribution >= 4 is 17.6 Å². The van der Waals surface area contributed by atoms with Crippen LogP contribution in [0.2, 0.25) is 5.15 Å². The van der Waals surface area contributed by atoms with Gasteiger partial charge < -0.3 is 10.8 Å². The highest BCUT2D eigenvalue weighted by Gasteiger charge is 2.22. The Morgan fingerprint density at radius 1 is 1.58 bits per heavy atom. The molecule has 0 saturated carbocycles. The molecule has 0 aromatic carbocycles.